The number of nitro benzene ring substituents is 1. The number of non-ortho nitro benzene ring substituents is 1. The van der Waals surface area contributed by atoms with Gasteiger partial charge in [-0.1, -0.05) is 97.6 Å². The van der Waals surface area contributed by atoms with Crippen LogP contribution in [0, 0.1) is 17.0 Å². The minimum absolute atomic E-state index is 0.00378. The van der Waals surface area contributed by atoms with E-state index in [1.807, 2.05) is 61.5 Å². The molecule has 1 atom stereocenters. The highest BCUT2D eigenvalue weighted by atomic mass is 32.2. The Hall–Kier alpha value is -5.03. The molecule has 48 heavy (non-hydrogen) atoms. The number of rotatable bonds is 13. The number of sulfonamides is 1. The molecule has 0 saturated heterocycles. The lowest BCUT2D eigenvalue weighted by atomic mass is 9.94. The number of nitrogens with one attached hydrogen (secondary N) is 1. The summed E-state index contributed by atoms with van der Waals surface area (Å²) in [6.45, 7) is 1.39. The summed E-state index contributed by atoms with van der Waals surface area (Å²) in [6, 6.07) is 28.9. The van der Waals surface area contributed by atoms with Gasteiger partial charge in [0, 0.05) is 31.1 Å². The first-order chi connectivity index (χ1) is 23.1. The van der Waals surface area contributed by atoms with E-state index in [0.29, 0.717) is 0 Å². The maximum atomic E-state index is 14.6. The van der Waals surface area contributed by atoms with Crippen LogP contribution in [0.1, 0.15) is 48.8 Å². The first-order valence-electron chi connectivity index (χ1n) is 16.1. The van der Waals surface area contributed by atoms with Crippen LogP contribution < -0.4 is 9.62 Å². The van der Waals surface area contributed by atoms with Crippen molar-refractivity contribution in [2.24, 2.45) is 0 Å². The van der Waals surface area contributed by atoms with Crippen LogP contribution in [0.15, 0.2) is 114 Å². The average Bonchev–Trinajstić information content (AvgIpc) is 3.10. The molecule has 0 aliphatic heterocycles. The lowest BCUT2D eigenvalue weighted by Gasteiger charge is -2.35. The molecule has 1 N–H and O–H groups in total. The standard InChI is InChI=1S/C37H40N4O6S/c1-28-17-19-30(20-18-28)26-39(35(25-29-11-5-2-6-12-29)37(43)38-31-13-7-3-8-14-31)36(42)27-40(32-21-23-33(24-22-32)41(44)45)48(46,47)34-15-9-4-10-16-34/h2,4-6,9-12,15-24,31,35H,3,7-8,13-14,25-27H2,1H3,(H,38,43)/t35-/m0/s1. The molecule has 4 aromatic carbocycles. The van der Waals surface area contributed by atoms with E-state index in [2.05, 4.69) is 5.32 Å². The SMILES string of the molecule is Cc1ccc(CN(C(=O)CN(c2ccc([N+](=O)[O-])cc2)S(=O)(=O)c2ccccc2)[C@@H](Cc2ccccc2)C(=O)NC2CCCCC2)cc1. The number of aryl methyl sites for hydroxylation is 1. The molecular formula is C37H40N4O6S. The quantitative estimate of drug-likeness (QED) is 0.134. The maximum Gasteiger partial charge on any atom is 0.269 e. The maximum absolute atomic E-state index is 14.6. The van der Waals surface area contributed by atoms with Crippen LogP contribution in [0.2, 0.25) is 0 Å². The third-order valence-corrected chi connectivity index (χ3v) is 10.4. The zero-order chi connectivity index (χ0) is 34.1. The van der Waals surface area contributed by atoms with Crippen LogP contribution in [0.3, 0.4) is 0 Å². The predicted octanol–water partition coefficient (Wildman–Crippen LogP) is 6.19. The molecule has 0 spiro atoms. The number of carbonyl (C=O) groups excluding carboxylic acids is 2. The van der Waals surface area contributed by atoms with Crippen molar-refractivity contribution in [1.29, 1.82) is 0 Å². The van der Waals surface area contributed by atoms with Gasteiger partial charge in [-0.15, -0.1) is 0 Å². The van der Waals surface area contributed by atoms with Crippen LogP contribution in [-0.4, -0.2) is 48.7 Å². The number of nitrogens with zero attached hydrogens (tertiary/aromatic N) is 3. The van der Waals surface area contributed by atoms with Gasteiger partial charge in [0.1, 0.15) is 12.6 Å². The average molecular weight is 669 g/mol. The van der Waals surface area contributed by atoms with E-state index in [9.17, 15) is 28.1 Å². The highest BCUT2D eigenvalue weighted by Crippen LogP contribution is 2.27. The predicted molar refractivity (Wildman–Crippen MR) is 185 cm³/mol. The summed E-state index contributed by atoms with van der Waals surface area (Å²) in [6.07, 6.45) is 5.09. The van der Waals surface area contributed by atoms with Crippen molar-refractivity contribution >= 4 is 33.2 Å². The Balaban J connectivity index is 1.56. The molecule has 2 amide bonds. The summed E-state index contributed by atoms with van der Waals surface area (Å²) in [5.74, 6) is -0.882. The van der Waals surface area contributed by atoms with Gasteiger partial charge in [-0.2, -0.15) is 0 Å². The van der Waals surface area contributed by atoms with Gasteiger partial charge in [0.2, 0.25) is 11.8 Å². The number of benzene rings is 4. The summed E-state index contributed by atoms with van der Waals surface area (Å²) >= 11 is 0. The molecule has 4 aromatic rings. The van der Waals surface area contributed by atoms with E-state index in [4.69, 9.17) is 0 Å². The minimum Gasteiger partial charge on any atom is -0.352 e. The lowest BCUT2D eigenvalue weighted by molar-refractivity contribution is -0.384. The van der Waals surface area contributed by atoms with Crippen molar-refractivity contribution in [3.63, 3.8) is 0 Å². The number of hydrogen-bond donors (Lipinski definition) is 1. The van der Waals surface area contributed by atoms with Gasteiger partial charge < -0.3 is 10.2 Å². The highest BCUT2D eigenvalue weighted by Gasteiger charge is 2.35. The van der Waals surface area contributed by atoms with Gasteiger partial charge in [0.05, 0.1) is 15.5 Å². The van der Waals surface area contributed by atoms with Crippen molar-refractivity contribution in [2.75, 3.05) is 10.8 Å². The Kier molecular flexibility index (Phi) is 11.2. The van der Waals surface area contributed by atoms with E-state index < -0.39 is 33.4 Å². The van der Waals surface area contributed by atoms with Crippen LogP contribution in [0.4, 0.5) is 11.4 Å². The molecule has 0 unspecified atom stereocenters. The van der Waals surface area contributed by atoms with Gasteiger partial charge in [0.15, 0.2) is 0 Å². The summed E-state index contributed by atoms with van der Waals surface area (Å²) in [4.78, 5) is 41.0. The van der Waals surface area contributed by atoms with Crippen molar-refractivity contribution in [3.8, 4) is 0 Å². The molecule has 0 radical (unpaired) electrons. The monoisotopic (exact) mass is 668 g/mol. The first kappa shape index (κ1) is 34.3. The molecule has 5 rings (SSSR count). The molecule has 11 heteroatoms. The van der Waals surface area contributed by atoms with Crippen molar-refractivity contribution < 1.29 is 22.9 Å². The second-order valence-electron chi connectivity index (χ2n) is 12.2. The van der Waals surface area contributed by atoms with Crippen LogP contribution in [0.5, 0.6) is 0 Å². The summed E-state index contributed by atoms with van der Waals surface area (Å²) in [5, 5.41) is 14.6. The zero-order valence-electron chi connectivity index (χ0n) is 26.9. The molecule has 1 saturated carbocycles. The van der Waals surface area contributed by atoms with E-state index in [-0.39, 0.29) is 41.2 Å². The molecule has 250 valence electrons. The number of nitro groups is 1. The smallest absolute Gasteiger partial charge is 0.269 e. The van der Waals surface area contributed by atoms with E-state index in [1.54, 1.807) is 18.2 Å². The van der Waals surface area contributed by atoms with E-state index in [1.165, 1.54) is 41.3 Å². The molecule has 1 fully saturated rings. The zero-order valence-corrected chi connectivity index (χ0v) is 27.7. The van der Waals surface area contributed by atoms with Crippen molar-refractivity contribution in [2.45, 2.75) is 69.0 Å². The lowest BCUT2D eigenvalue weighted by Crippen LogP contribution is -2.55. The fourth-order valence-corrected chi connectivity index (χ4v) is 7.41. The molecule has 1 aliphatic carbocycles. The summed E-state index contributed by atoms with van der Waals surface area (Å²) in [5.41, 5.74) is 2.54. The normalized spacial score (nSPS) is 14.1. The third kappa shape index (κ3) is 8.65. The molecule has 0 heterocycles. The topological polar surface area (TPSA) is 130 Å². The number of amides is 2. The van der Waals surface area contributed by atoms with Crippen LogP contribution >= 0.6 is 0 Å². The Bertz CT molecular complexity index is 1790. The Morgan fingerprint density at radius 3 is 2.04 bits per heavy atom. The van der Waals surface area contributed by atoms with Gasteiger partial charge in [-0.05, 0) is 55.2 Å². The van der Waals surface area contributed by atoms with Crippen molar-refractivity contribution in [1.82, 2.24) is 10.2 Å². The molecule has 10 nitrogen and oxygen atoms in total. The molecular weight excluding hydrogens is 628 g/mol. The van der Waals surface area contributed by atoms with E-state index in [0.717, 1.165) is 53.1 Å². The highest BCUT2D eigenvalue weighted by molar-refractivity contribution is 7.92. The van der Waals surface area contributed by atoms with E-state index >= 15 is 0 Å². The first-order valence-corrected chi connectivity index (χ1v) is 17.6. The number of hydrogen-bond acceptors (Lipinski definition) is 6. The van der Waals surface area contributed by atoms with Crippen molar-refractivity contribution in [3.05, 3.63) is 136 Å². The molecule has 0 bridgehead atoms. The third-order valence-electron chi connectivity index (χ3n) is 8.65. The second kappa shape index (κ2) is 15.7. The molecule has 1 aliphatic rings. The fraction of sp³-hybridized carbons (Fsp3) is 0.297. The largest absolute Gasteiger partial charge is 0.352 e. The summed E-state index contributed by atoms with van der Waals surface area (Å²) < 4.78 is 29.2. The van der Waals surface area contributed by atoms with Gasteiger partial charge in [0.25, 0.3) is 15.7 Å². The fourth-order valence-electron chi connectivity index (χ4n) is 5.98. The Labute approximate surface area is 281 Å². The van der Waals surface area contributed by atoms with Crippen LogP contribution in [0.25, 0.3) is 0 Å². The van der Waals surface area contributed by atoms with Gasteiger partial charge >= 0.3 is 0 Å². The minimum atomic E-state index is -4.31. The van der Waals surface area contributed by atoms with Gasteiger partial charge in [-0.25, -0.2) is 8.42 Å². The Morgan fingerprint density at radius 2 is 1.44 bits per heavy atom. The number of anilines is 1. The Morgan fingerprint density at radius 1 is 0.833 bits per heavy atom. The summed E-state index contributed by atoms with van der Waals surface area (Å²) in [7, 11) is -4.31. The molecule has 0 aromatic heterocycles. The second-order valence-corrected chi connectivity index (χ2v) is 14.0. The van der Waals surface area contributed by atoms with Gasteiger partial charge in [-0.3, -0.25) is 24.0 Å². The number of carbonyl (C=O) groups is 2. The van der Waals surface area contributed by atoms with Crippen LogP contribution in [-0.2, 0) is 32.6 Å².